The van der Waals surface area contributed by atoms with Crippen molar-refractivity contribution in [1.82, 2.24) is 5.32 Å². The number of rotatable bonds is 36. The molecule has 11 heteroatoms. The summed E-state index contributed by atoms with van der Waals surface area (Å²) in [4.78, 5) is 25.3. The van der Waals surface area contributed by atoms with Gasteiger partial charge in [-0.3, -0.25) is 9.36 Å². The molecule has 1 amide bonds. The van der Waals surface area contributed by atoms with Gasteiger partial charge in [-0.15, -0.1) is 0 Å². The summed E-state index contributed by atoms with van der Waals surface area (Å²) in [5, 5.41) is 34.9. The van der Waals surface area contributed by atoms with Gasteiger partial charge in [-0.25, -0.2) is 0 Å². The number of carbonyl (C=O) groups excluding carboxylic acids is 1. The van der Waals surface area contributed by atoms with Gasteiger partial charge in [0.15, 0.2) is 0 Å². The summed E-state index contributed by atoms with van der Waals surface area (Å²) in [5.74, 6) is 0.0371. The Morgan fingerprint density at radius 1 is 0.680 bits per heavy atom. The summed E-state index contributed by atoms with van der Waals surface area (Å²) in [6.45, 7) is 6.49. The number of aliphatic hydroxyl groups is 3. The van der Waals surface area contributed by atoms with Gasteiger partial charge in [-0.1, -0.05) is 162 Å². The molecule has 5 atom stereocenters. The van der Waals surface area contributed by atoms with Crippen molar-refractivity contribution in [3.05, 3.63) is 0 Å². The Bertz CT molecular complexity index is 841. The summed E-state index contributed by atoms with van der Waals surface area (Å²) in [6, 6.07) is -1.24. The second kappa shape index (κ2) is 30.8. The van der Waals surface area contributed by atoms with Crippen molar-refractivity contribution in [3.8, 4) is 0 Å². The van der Waals surface area contributed by atoms with Crippen molar-refractivity contribution >= 4 is 13.7 Å². The molecule has 4 N–H and O–H groups in total. The molecule has 0 aliphatic heterocycles. The zero-order chi connectivity index (χ0) is 37.7. The number of unbranched alkanes of at least 4 members (excludes halogenated alkanes) is 19. The van der Waals surface area contributed by atoms with Crippen molar-refractivity contribution in [2.45, 2.75) is 199 Å². The van der Waals surface area contributed by atoms with Gasteiger partial charge >= 0.3 is 0 Å². The Balaban J connectivity index is 4.70. The van der Waals surface area contributed by atoms with Crippen LogP contribution in [0.5, 0.6) is 0 Å². The zero-order valence-corrected chi connectivity index (χ0v) is 34.2. The molecule has 0 radical (unpaired) electrons. The third kappa shape index (κ3) is 31.0. The van der Waals surface area contributed by atoms with Gasteiger partial charge in [0.2, 0.25) is 5.91 Å². The number of quaternary nitrogens is 1. The lowest BCUT2D eigenvalue weighted by molar-refractivity contribution is -0.870. The highest BCUT2D eigenvalue weighted by molar-refractivity contribution is 7.45. The van der Waals surface area contributed by atoms with Crippen LogP contribution < -0.4 is 10.2 Å². The van der Waals surface area contributed by atoms with Gasteiger partial charge in [0.25, 0.3) is 7.82 Å². The van der Waals surface area contributed by atoms with E-state index in [0.29, 0.717) is 30.3 Å². The van der Waals surface area contributed by atoms with Crippen LogP contribution in [-0.2, 0) is 18.4 Å². The van der Waals surface area contributed by atoms with Gasteiger partial charge in [0, 0.05) is 0 Å². The van der Waals surface area contributed by atoms with Crippen LogP contribution in [0.25, 0.3) is 0 Å². The number of phosphoric acid groups is 1. The van der Waals surface area contributed by atoms with Gasteiger partial charge in [-0.2, -0.15) is 0 Å². The number of carbonyl (C=O) groups is 1. The minimum atomic E-state index is -4.73. The molecule has 2 unspecified atom stereocenters. The zero-order valence-electron chi connectivity index (χ0n) is 33.3. The van der Waals surface area contributed by atoms with E-state index in [9.17, 15) is 29.6 Å². The first kappa shape index (κ1) is 49.4. The van der Waals surface area contributed by atoms with E-state index in [2.05, 4.69) is 26.1 Å². The van der Waals surface area contributed by atoms with Crippen LogP contribution in [0.4, 0.5) is 0 Å². The highest BCUT2D eigenvalue weighted by atomic mass is 31.2. The fourth-order valence-electron chi connectivity index (χ4n) is 6.03. The molecule has 0 aromatic heterocycles. The highest BCUT2D eigenvalue weighted by Crippen LogP contribution is 2.38. The van der Waals surface area contributed by atoms with Crippen molar-refractivity contribution in [2.75, 3.05) is 40.9 Å². The summed E-state index contributed by atoms with van der Waals surface area (Å²) in [6.07, 6.45) is 22.2. The Kier molecular flexibility index (Phi) is 30.5. The van der Waals surface area contributed by atoms with Crippen LogP contribution in [0, 0.1) is 5.92 Å². The predicted octanol–water partition coefficient (Wildman–Crippen LogP) is 7.80. The molecule has 0 aromatic carbocycles. The number of aliphatic hydroxyl groups excluding tert-OH is 3. The first-order chi connectivity index (χ1) is 23.7. The van der Waals surface area contributed by atoms with Gasteiger partial charge in [0.1, 0.15) is 25.4 Å². The van der Waals surface area contributed by atoms with Crippen molar-refractivity contribution in [1.29, 1.82) is 0 Å². The smallest absolute Gasteiger partial charge is 0.268 e. The molecule has 0 saturated heterocycles. The average molecular weight is 737 g/mol. The minimum absolute atomic E-state index is 0.0811. The Morgan fingerprint density at radius 2 is 1.10 bits per heavy atom. The SMILES string of the molecule is CCCCCCCCCCCCCCCC(O)C(=O)N[C@@H](COP(=O)([O-])OCC[N+](C)(C)C)[C@H](O)[C@H](O)CCCCCCCCCCC(C)C. The van der Waals surface area contributed by atoms with Crippen LogP contribution in [0.1, 0.15) is 175 Å². The van der Waals surface area contributed by atoms with Crippen molar-refractivity contribution in [2.24, 2.45) is 5.92 Å². The van der Waals surface area contributed by atoms with Crippen LogP contribution in [0.2, 0.25) is 0 Å². The van der Waals surface area contributed by atoms with E-state index >= 15 is 0 Å². The molecule has 0 aliphatic carbocycles. The minimum Gasteiger partial charge on any atom is -0.756 e. The number of likely N-dealkylation sites (N-methyl/N-ethyl adjacent to an activating group) is 1. The third-order valence-electron chi connectivity index (χ3n) is 9.47. The number of nitrogens with one attached hydrogen (secondary N) is 1. The normalized spacial score (nSPS) is 15.9. The Hall–Kier alpha value is -0.580. The summed E-state index contributed by atoms with van der Waals surface area (Å²) < 4.78 is 23.0. The quantitative estimate of drug-likeness (QED) is 0.0289. The van der Waals surface area contributed by atoms with Crippen LogP contribution in [0.15, 0.2) is 0 Å². The first-order valence-electron chi connectivity index (χ1n) is 20.4. The van der Waals surface area contributed by atoms with Crippen LogP contribution in [0.3, 0.4) is 0 Å². The maximum absolute atomic E-state index is 12.9. The molecule has 0 saturated carbocycles. The Morgan fingerprint density at radius 3 is 1.54 bits per heavy atom. The molecule has 50 heavy (non-hydrogen) atoms. The monoisotopic (exact) mass is 737 g/mol. The number of hydrogen-bond donors (Lipinski definition) is 4. The largest absolute Gasteiger partial charge is 0.756 e. The number of amides is 1. The number of phosphoric ester groups is 1. The lowest BCUT2D eigenvalue weighted by atomic mass is 9.99. The molecular formula is C39H81N2O8P. The predicted molar refractivity (Wildman–Crippen MR) is 204 cm³/mol. The van der Waals surface area contributed by atoms with Gasteiger partial charge in [-0.05, 0) is 18.8 Å². The van der Waals surface area contributed by atoms with Crippen LogP contribution >= 0.6 is 7.82 Å². The molecule has 0 fully saturated rings. The Labute approximate surface area is 307 Å². The first-order valence-corrected chi connectivity index (χ1v) is 21.9. The molecular weight excluding hydrogens is 655 g/mol. The highest BCUT2D eigenvalue weighted by Gasteiger charge is 2.31. The molecule has 300 valence electrons. The third-order valence-corrected chi connectivity index (χ3v) is 10.4. The summed E-state index contributed by atoms with van der Waals surface area (Å²) in [5.41, 5.74) is 0. The average Bonchev–Trinajstić information content (AvgIpc) is 3.04. The lowest BCUT2D eigenvalue weighted by Crippen LogP contribution is -2.53. The van der Waals surface area contributed by atoms with E-state index in [1.54, 1.807) is 0 Å². The molecule has 0 spiro atoms. The summed E-state index contributed by atoms with van der Waals surface area (Å²) in [7, 11) is 0.984. The van der Waals surface area contributed by atoms with Crippen LogP contribution in [-0.4, -0.2) is 91.0 Å². The van der Waals surface area contributed by atoms with Crippen molar-refractivity contribution < 1.29 is 43.1 Å². The fraction of sp³-hybridized carbons (Fsp3) is 0.974. The van der Waals surface area contributed by atoms with Gasteiger partial charge in [0.05, 0.1) is 39.9 Å². The van der Waals surface area contributed by atoms with Crippen molar-refractivity contribution in [3.63, 3.8) is 0 Å². The number of nitrogens with zero attached hydrogens (tertiary/aromatic N) is 1. The standard InChI is InChI=1S/C39H81N2O8P/c1-7-8-9-10-11-12-13-14-15-16-21-24-27-30-37(43)39(45)40-35(33-49-50(46,47)48-32-31-41(4,5)6)38(44)36(42)29-26-23-20-18-17-19-22-25-28-34(2)3/h34-38,42-44H,7-33H2,1-6H3,(H-,40,45,46,47)/t35-,36+,37?,38-/m0/s1. The van der Waals surface area contributed by atoms with Gasteiger partial charge < -0.3 is 39.1 Å². The molecule has 0 bridgehead atoms. The second-order valence-electron chi connectivity index (χ2n) is 16.1. The maximum atomic E-state index is 12.9. The van der Waals surface area contributed by atoms with E-state index in [4.69, 9.17) is 9.05 Å². The molecule has 0 heterocycles. The summed E-state index contributed by atoms with van der Waals surface area (Å²) >= 11 is 0. The maximum Gasteiger partial charge on any atom is 0.268 e. The van der Waals surface area contributed by atoms with E-state index in [-0.39, 0.29) is 13.0 Å². The van der Waals surface area contributed by atoms with E-state index < -0.39 is 44.7 Å². The van der Waals surface area contributed by atoms with E-state index in [1.807, 2.05) is 21.1 Å². The number of hydrogen-bond acceptors (Lipinski definition) is 8. The van der Waals surface area contributed by atoms with E-state index in [1.165, 1.54) is 89.9 Å². The second-order valence-corrected chi connectivity index (χ2v) is 17.5. The molecule has 10 nitrogen and oxygen atoms in total. The molecule has 0 rings (SSSR count). The van der Waals surface area contributed by atoms with E-state index in [0.717, 1.165) is 44.4 Å². The molecule has 0 aliphatic rings. The topological polar surface area (TPSA) is 148 Å². The molecule has 0 aromatic rings. The fourth-order valence-corrected chi connectivity index (χ4v) is 6.76. The lowest BCUT2D eigenvalue weighted by Gasteiger charge is -2.31.